The van der Waals surface area contributed by atoms with Gasteiger partial charge in [-0.3, -0.25) is 0 Å². The highest BCUT2D eigenvalue weighted by atomic mass is 35.5. The Hall–Kier alpha value is -0.770. The summed E-state index contributed by atoms with van der Waals surface area (Å²) in [5.74, 6) is -0.415. The van der Waals surface area contributed by atoms with Crippen molar-refractivity contribution in [3.8, 4) is 0 Å². The Labute approximate surface area is 124 Å². The topological polar surface area (TPSA) is 29.5 Å². The van der Waals surface area contributed by atoms with Crippen LogP contribution in [0.15, 0.2) is 18.2 Å². The fraction of sp³-hybridized carbons (Fsp3) is 0.500. The van der Waals surface area contributed by atoms with Crippen molar-refractivity contribution in [1.82, 2.24) is 4.90 Å². The first kappa shape index (κ1) is 16.3. The van der Waals surface area contributed by atoms with Gasteiger partial charge in [0, 0.05) is 11.6 Å². The lowest BCUT2D eigenvalue weighted by Gasteiger charge is -2.22. The number of likely N-dealkylation sites (N-methyl/N-ethyl adjacent to an activating group) is 1. The maximum atomic E-state index is 12.0. The summed E-state index contributed by atoms with van der Waals surface area (Å²) in [5, 5.41) is 0.810. The molecular formula is C14H19Cl2NO2. The first-order chi connectivity index (χ1) is 8.97. The third-order valence-corrected chi connectivity index (χ3v) is 3.42. The van der Waals surface area contributed by atoms with Crippen molar-refractivity contribution < 1.29 is 9.53 Å². The van der Waals surface area contributed by atoms with Gasteiger partial charge in [0.2, 0.25) is 0 Å². The molecular weight excluding hydrogens is 285 g/mol. The van der Waals surface area contributed by atoms with Crippen LogP contribution in [0.2, 0.25) is 10.0 Å². The van der Waals surface area contributed by atoms with E-state index in [9.17, 15) is 4.79 Å². The summed E-state index contributed by atoms with van der Waals surface area (Å²) in [6.45, 7) is 8.60. The Morgan fingerprint density at radius 3 is 2.47 bits per heavy atom. The van der Waals surface area contributed by atoms with E-state index in [-0.39, 0.29) is 6.10 Å². The molecule has 0 spiro atoms. The van der Waals surface area contributed by atoms with Crippen LogP contribution in [-0.4, -0.2) is 36.6 Å². The van der Waals surface area contributed by atoms with Crippen molar-refractivity contribution in [3.05, 3.63) is 33.8 Å². The zero-order valence-corrected chi connectivity index (χ0v) is 13.0. The average Bonchev–Trinajstić information content (AvgIpc) is 2.35. The molecule has 0 aliphatic carbocycles. The van der Waals surface area contributed by atoms with Gasteiger partial charge in [-0.2, -0.15) is 0 Å². The third-order valence-electron chi connectivity index (χ3n) is 2.87. The number of benzene rings is 1. The fourth-order valence-electron chi connectivity index (χ4n) is 1.78. The summed E-state index contributed by atoms with van der Waals surface area (Å²) in [7, 11) is 0. The zero-order valence-electron chi connectivity index (χ0n) is 11.5. The number of carbonyl (C=O) groups excluding carboxylic acids is 1. The van der Waals surface area contributed by atoms with Gasteiger partial charge < -0.3 is 9.64 Å². The standard InChI is InChI=1S/C14H19Cl2NO2/c1-4-17(5-2)9-10(3)19-14(18)12-7-6-11(15)8-13(12)16/h6-8,10H,4-5,9H2,1-3H3. The molecule has 1 atom stereocenters. The van der Waals surface area contributed by atoms with Crippen LogP contribution in [0.25, 0.3) is 0 Å². The van der Waals surface area contributed by atoms with E-state index in [1.165, 1.54) is 6.07 Å². The van der Waals surface area contributed by atoms with Crippen molar-refractivity contribution in [3.63, 3.8) is 0 Å². The molecule has 0 aliphatic heterocycles. The van der Waals surface area contributed by atoms with Gasteiger partial charge in [-0.15, -0.1) is 0 Å². The summed E-state index contributed by atoms with van der Waals surface area (Å²) >= 11 is 11.8. The average molecular weight is 304 g/mol. The van der Waals surface area contributed by atoms with Crippen molar-refractivity contribution in [2.24, 2.45) is 0 Å². The second kappa shape index (κ2) is 7.73. The Morgan fingerprint density at radius 2 is 1.95 bits per heavy atom. The minimum absolute atomic E-state index is 0.181. The van der Waals surface area contributed by atoms with Crippen LogP contribution >= 0.6 is 23.2 Å². The van der Waals surface area contributed by atoms with Crippen LogP contribution in [-0.2, 0) is 4.74 Å². The van der Waals surface area contributed by atoms with E-state index in [0.717, 1.165) is 13.1 Å². The van der Waals surface area contributed by atoms with E-state index in [1.807, 2.05) is 6.92 Å². The van der Waals surface area contributed by atoms with Gasteiger partial charge in [-0.1, -0.05) is 37.0 Å². The van der Waals surface area contributed by atoms with E-state index in [4.69, 9.17) is 27.9 Å². The quantitative estimate of drug-likeness (QED) is 0.747. The van der Waals surface area contributed by atoms with Crippen LogP contribution in [0, 0.1) is 0 Å². The van der Waals surface area contributed by atoms with E-state index < -0.39 is 5.97 Å². The molecule has 0 N–H and O–H groups in total. The molecule has 3 nitrogen and oxygen atoms in total. The van der Waals surface area contributed by atoms with Gasteiger partial charge in [0.15, 0.2) is 0 Å². The molecule has 0 amide bonds. The Kier molecular flexibility index (Phi) is 6.63. The van der Waals surface area contributed by atoms with E-state index in [2.05, 4.69) is 18.7 Å². The van der Waals surface area contributed by atoms with E-state index in [1.54, 1.807) is 12.1 Å². The van der Waals surface area contributed by atoms with Crippen molar-refractivity contribution >= 4 is 29.2 Å². The highest BCUT2D eigenvalue weighted by Gasteiger charge is 2.16. The molecule has 0 heterocycles. The molecule has 0 saturated heterocycles. The number of hydrogen-bond acceptors (Lipinski definition) is 3. The van der Waals surface area contributed by atoms with Gasteiger partial charge in [0.25, 0.3) is 0 Å². The van der Waals surface area contributed by atoms with Crippen LogP contribution < -0.4 is 0 Å². The number of nitrogens with zero attached hydrogens (tertiary/aromatic N) is 1. The molecule has 0 bridgehead atoms. The molecule has 19 heavy (non-hydrogen) atoms. The molecule has 106 valence electrons. The molecule has 1 aromatic rings. The number of hydrogen-bond donors (Lipinski definition) is 0. The van der Waals surface area contributed by atoms with Gasteiger partial charge in [0.1, 0.15) is 6.10 Å². The SMILES string of the molecule is CCN(CC)CC(C)OC(=O)c1ccc(Cl)cc1Cl. The van der Waals surface area contributed by atoms with Gasteiger partial charge in [0.05, 0.1) is 10.6 Å². The highest BCUT2D eigenvalue weighted by molar-refractivity contribution is 6.36. The zero-order chi connectivity index (χ0) is 14.4. The molecule has 0 aromatic heterocycles. The summed E-state index contributed by atoms with van der Waals surface area (Å²) < 4.78 is 5.38. The Morgan fingerprint density at radius 1 is 1.32 bits per heavy atom. The maximum absolute atomic E-state index is 12.0. The lowest BCUT2D eigenvalue weighted by Crippen LogP contribution is -2.33. The summed E-state index contributed by atoms with van der Waals surface area (Å²) in [5.41, 5.74) is 0.345. The molecule has 0 aliphatic rings. The maximum Gasteiger partial charge on any atom is 0.339 e. The van der Waals surface area contributed by atoms with Crippen molar-refractivity contribution in [1.29, 1.82) is 0 Å². The van der Waals surface area contributed by atoms with Crippen LogP contribution in [0.1, 0.15) is 31.1 Å². The predicted octanol–water partition coefficient (Wildman–Crippen LogP) is 3.88. The molecule has 0 fully saturated rings. The Bertz CT molecular complexity index is 433. The van der Waals surface area contributed by atoms with Crippen molar-refractivity contribution in [2.45, 2.75) is 26.9 Å². The summed E-state index contributed by atoms with van der Waals surface area (Å²) in [4.78, 5) is 14.2. The number of rotatable bonds is 6. The van der Waals surface area contributed by atoms with Crippen molar-refractivity contribution in [2.75, 3.05) is 19.6 Å². The first-order valence-corrected chi connectivity index (χ1v) is 7.11. The minimum atomic E-state index is -0.415. The van der Waals surface area contributed by atoms with Crippen LogP contribution in [0.3, 0.4) is 0 Å². The highest BCUT2D eigenvalue weighted by Crippen LogP contribution is 2.22. The minimum Gasteiger partial charge on any atom is -0.458 e. The number of carbonyl (C=O) groups is 1. The summed E-state index contributed by atoms with van der Waals surface area (Å²) in [6, 6.07) is 4.74. The largest absolute Gasteiger partial charge is 0.458 e. The normalized spacial score (nSPS) is 12.5. The smallest absolute Gasteiger partial charge is 0.339 e. The monoisotopic (exact) mass is 303 g/mol. The molecule has 5 heteroatoms. The molecule has 0 radical (unpaired) electrons. The third kappa shape index (κ3) is 5.01. The molecule has 1 unspecified atom stereocenters. The number of esters is 1. The predicted molar refractivity (Wildman–Crippen MR) is 79.1 cm³/mol. The van der Waals surface area contributed by atoms with Gasteiger partial charge >= 0.3 is 5.97 Å². The van der Waals surface area contributed by atoms with E-state index in [0.29, 0.717) is 22.2 Å². The molecule has 1 aromatic carbocycles. The molecule has 1 rings (SSSR count). The second-order valence-electron chi connectivity index (χ2n) is 4.33. The lowest BCUT2D eigenvalue weighted by molar-refractivity contribution is 0.0261. The van der Waals surface area contributed by atoms with E-state index >= 15 is 0 Å². The Balaban J connectivity index is 2.63. The first-order valence-electron chi connectivity index (χ1n) is 6.36. The molecule has 0 saturated carbocycles. The van der Waals surface area contributed by atoms with Gasteiger partial charge in [-0.25, -0.2) is 4.79 Å². The fourth-order valence-corrected chi connectivity index (χ4v) is 2.27. The van der Waals surface area contributed by atoms with Gasteiger partial charge in [-0.05, 0) is 38.2 Å². The van der Waals surface area contributed by atoms with Crippen LogP contribution in [0.5, 0.6) is 0 Å². The second-order valence-corrected chi connectivity index (χ2v) is 5.17. The lowest BCUT2D eigenvalue weighted by atomic mass is 10.2. The number of ether oxygens (including phenoxy) is 1. The summed E-state index contributed by atoms with van der Waals surface area (Å²) in [6.07, 6.45) is -0.181. The van der Waals surface area contributed by atoms with Crippen LogP contribution in [0.4, 0.5) is 0 Å². The number of halogens is 2.